The predicted molar refractivity (Wildman–Crippen MR) is 141 cm³/mol. The Labute approximate surface area is 211 Å². The molecular weight excluding hydrogens is 476 g/mol. The number of fused-ring (bicyclic) bond motifs is 2. The lowest BCUT2D eigenvalue weighted by Gasteiger charge is -2.43. The quantitative estimate of drug-likeness (QED) is 0.360. The van der Waals surface area contributed by atoms with Crippen LogP contribution >= 0.6 is 11.3 Å². The number of aromatic nitrogens is 3. The molecule has 4 aromatic rings. The fourth-order valence-electron chi connectivity index (χ4n) is 5.00. The van der Waals surface area contributed by atoms with Crippen LogP contribution in [0.2, 0.25) is 0 Å². The first-order valence-corrected chi connectivity index (χ1v) is 12.8. The van der Waals surface area contributed by atoms with Crippen LogP contribution in [0.5, 0.6) is 0 Å². The molecule has 1 saturated heterocycles. The van der Waals surface area contributed by atoms with E-state index in [1.165, 1.54) is 0 Å². The number of hydrogen-bond donors (Lipinski definition) is 3. The molecule has 3 aromatic heterocycles. The topological polar surface area (TPSA) is 114 Å². The van der Waals surface area contributed by atoms with Gasteiger partial charge in [-0.15, -0.1) is 11.3 Å². The SMILES string of the molecule is CC(C)(CO)N1CCN(c2nc(C3=C(c4c[nH]c5sccc45)C(=O)NC3=O)c3ccccc3n2)CC1. The third-order valence-corrected chi connectivity index (χ3v) is 7.98. The molecule has 184 valence electrons. The number of aromatic amines is 1. The summed E-state index contributed by atoms with van der Waals surface area (Å²) in [6.07, 6.45) is 1.78. The minimum atomic E-state index is -0.455. The lowest BCUT2D eigenvalue weighted by atomic mass is 9.97. The molecule has 0 unspecified atom stereocenters. The molecular formula is C26H26N6O3S. The van der Waals surface area contributed by atoms with Crippen LogP contribution in [-0.2, 0) is 9.59 Å². The number of thiophene rings is 1. The number of rotatable bonds is 5. The van der Waals surface area contributed by atoms with Gasteiger partial charge in [0.2, 0.25) is 5.95 Å². The van der Waals surface area contributed by atoms with Crippen LogP contribution in [0.3, 0.4) is 0 Å². The Morgan fingerprint density at radius 3 is 2.53 bits per heavy atom. The highest BCUT2D eigenvalue weighted by atomic mass is 32.1. The summed E-state index contributed by atoms with van der Waals surface area (Å²) in [6.45, 7) is 7.03. The lowest BCUT2D eigenvalue weighted by Crippen LogP contribution is -2.56. The number of para-hydroxylation sites is 1. The summed E-state index contributed by atoms with van der Waals surface area (Å²) in [5, 5.41) is 15.8. The maximum absolute atomic E-state index is 13.2. The van der Waals surface area contributed by atoms with Crippen LogP contribution in [0.1, 0.15) is 25.1 Å². The van der Waals surface area contributed by atoms with Gasteiger partial charge in [-0.05, 0) is 31.4 Å². The molecule has 1 aromatic carbocycles. The highest BCUT2D eigenvalue weighted by Gasteiger charge is 2.36. The first-order valence-electron chi connectivity index (χ1n) is 11.9. The van der Waals surface area contributed by atoms with E-state index >= 15 is 0 Å². The van der Waals surface area contributed by atoms with Gasteiger partial charge in [0.25, 0.3) is 11.8 Å². The van der Waals surface area contributed by atoms with Gasteiger partial charge in [-0.25, -0.2) is 9.97 Å². The molecule has 0 bridgehead atoms. The molecule has 9 nitrogen and oxygen atoms in total. The standard InChI is InChI=1S/C26H26N6O3S/c1-26(2,14-33)32-10-8-31(9-11-32)25-28-18-6-4-3-5-16(18)21(29-25)20-19(22(34)30-23(20)35)17-13-27-24-15(17)7-12-36-24/h3-7,12-13,27,33H,8-11,14H2,1-2H3,(H,30,34,35). The average molecular weight is 503 g/mol. The average Bonchev–Trinajstić information content (AvgIpc) is 3.58. The molecule has 0 radical (unpaired) electrons. The van der Waals surface area contributed by atoms with Crippen LogP contribution in [0.4, 0.5) is 5.95 Å². The minimum Gasteiger partial charge on any atom is -0.394 e. The summed E-state index contributed by atoms with van der Waals surface area (Å²) in [7, 11) is 0. The van der Waals surface area contributed by atoms with Crippen molar-refractivity contribution in [3.05, 3.63) is 53.2 Å². The monoisotopic (exact) mass is 502 g/mol. The largest absolute Gasteiger partial charge is 0.394 e. The van der Waals surface area contributed by atoms with Crippen molar-refractivity contribution in [2.75, 3.05) is 37.7 Å². The van der Waals surface area contributed by atoms with E-state index in [4.69, 9.17) is 9.97 Å². The molecule has 0 saturated carbocycles. The van der Waals surface area contributed by atoms with Crippen molar-refractivity contribution >= 4 is 61.4 Å². The Hall–Kier alpha value is -3.60. The van der Waals surface area contributed by atoms with Crippen molar-refractivity contribution in [2.24, 2.45) is 0 Å². The molecule has 0 aliphatic carbocycles. The van der Waals surface area contributed by atoms with Crippen LogP contribution in [0, 0.1) is 0 Å². The summed E-state index contributed by atoms with van der Waals surface area (Å²) >= 11 is 1.55. The first-order chi connectivity index (χ1) is 17.4. The van der Waals surface area contributed by atoms with Gasteiger partial charge >= 0.3 is 0 Å². The number of carbonyl (C=O) groups excluding carboxylic acids is 2. The Morgan fingerprint density at radius 2 is 1.75 bits per heavy atom. The minimum absolute atomic E-state index is 0.0836. The maximum atomic E-state index is 13.2. The number of piperazine rings is 1. The number of imide groups is 1. The summed E-state index contributed by atoms with van der Waals surface area (Å²) in [6, 6.07) is 9.52. The van der Waals surface area contributed by atoms with Gasteiger partial charge in [-0.2, -0.15) is 0 Å². The van der Waals surface area contributed by atoms with E-state index in [1.54, 1.807) is 17.5 Å². The van der Waals surface area contributed by atoms with E-state index in [0.29, 0.717) is 41.4 Å². The molecule has 0 spiro atoms. The first kappa shape index (κ1) is 22.8. The fourth-order valence-corrected chi connectivity index (χ4v) is 5.77. The van der Waals surface area contributed by atoms with E-state index in [2.05, 4.69) is 20.1 Å². The molecule has 10 heteroatoms. The smallest absolute Gasteiger partial charge is 0.261 e. The molecule has 0 atom stereocenters. The summed E-state index contributed by atoms with van der Waals surface area (Å²) in [4.78, 5) is 44.4. The number of benzene rings is 1. The van der Waals surface area contributed by atoms with Gasteiger partial charge in [0.15, 0.2) is 0 Å². The predicted octanol–water partition coefficient (Wildman–Crippen LogP) is 2.63. The molecule has 3 N–H and O–H groups in total. The van der Waals surface area contributed by atoms with E-state index in [0.717, 1.165) is 28.7 Å². The van der Waals surface area contributed by atoms with Crippen molar-refractivity contribution in [2.45, 2.75) is 19.4 Å². The molecule has 6 rings (SSSR count). The third-order valence-electron chi connectivity index (χ3n) is 7.14. The van der Waals surface area contributed by atoms with Crippen molar-refractivity contribution in [1.82, 2.24) is 25.2 Å². The number of carbonyl (C=O) groups is 2. The number of hydrogen-bond acceptors (Lipinski definition) is 8. The van der Waals surface area contributed by atoms with Crippen molar-refractivity contribution in [3.63, 3.8) is 0 Å². The van der Waals surface area contributed by atoms with Gasteiger partial charge < -0.3 is 15.0 Å². The molecule has 1 fully saturated rings. The number of H-pyrrole nitrogens is 1. The van der Waals surface area contributed by atoms with Crippen molar-refractivity contribution < 1.29 is 14.7 Å². The molecule has 2 aliphatic heterocycles. The fraction of sp³-hybridized carbons (Fsp3) is 0.308. The summed E-state index contributed by atoms with van der Waals surface area (Å²) < 4.78 is 0. The summed E-state index contributed by atoms with van der Waals surface area (Å²) in [5.74, 6) is -0.353. The van der Waals surface area contributed by atoms with Crippen molar-refractivity contribution in [3.8, 4) is 0 Å². The van der Waals surface area contributed by atoms with E-state index in [-0.39, 0.29) is 17.7 Å². The van der Waals surface area contributed by atoms with Crippen LogP contribution < -0.4 is 10.2 Å². The van der Waals surface area contributed by atoms with Gasteiger partial charge in [0.1, 0.15) is 4.83 Å². The molecule has 2 amide bonds. The maximum Gasteiger partial charge on any atom is 0.261 e. The second-order valence-corrected chi connectivity index (χ2v) is 10.6. The Bertz CT molecular complexity index is 1540. The van der Waals surface area contributed by atoms with E-state index < -0.39 is 11.8 Å². The zero-order valence-corrected chi connectivity index (χ0v) is 20.9. The van der Waals surface area contributed by atoms with Gasteiger partial charge in [-0.1, -0.05) is 18.2 Å². The van der Waals surface area contributed by atoms with Crippen LogP contribution in [-0.4, -0.2) is 75.1 Å². The Kier molecular flexibility index (Phi) is 5.40. The number of amides is 2. The molecule has 36 heavy (non-hydrogen) atoms. The zero-order chi connectivity index (χ0) is 25.0. The number of nitrogens with zero attached hydrogens (tertiary/aromatic N) is 4. The highest BCUT2D eigenvalue weighted by Crippen LogP contribution is 2.38. The van der Waals surface area contributed by atoms with Gasteiger partial charge in [0.05, 0.1) is 29.0 Å². The number of aliphatic hydroxyl groups excluding tert-OH is 1. The number of nitrogens with one attached hydrogen (secondary N) is 2. The van der Waals surface area contributed by atoms with Crippen molar-refractivity contribution in [1.29, 1.82) is 0 Å². The highest BCUT2D eigenvalue weighted by molar-refractivity contribution is 7.16. The van der Waals surface area contributed by atoms with Crippen LogP contribution in [0.15, 0.2) is 41.9 Å². The van der Waals surface area contributed by atoms with Crippen LogP contribution in [0.25, 0.3) is 32.3 Å². The summed E-state index contributed by atoms with van der Waals surface area (Å²) in [5.41, 5.74) is 2.16. The second-order valence-electron chi connectivity index (χ2n) is 9.73. The van der Waals surface area contributed by atoms with Gasteiger partial charge in [-0.3, -0.25) is 19.8 Å². The number of aliphatic hydroxyl groups is 1. The normalized spacial score (nSPS) is 17.6. The third kappa shape index (κ3) is 3.60. The molecule has 2 aliphatic rings. The lowest BCUT2D eigenvalue weighted by molar-refractivity contribution is -0.122. The molecule has 5 heterocycles. The van der Waals surface area contributed by atoms with E-state index in [9.17, 15) is 14.7 Å². The Balaban J connectivity index is 1.48. The second kappa shape index (κ2) is 8.51. The van der Waals surface area contributed by atoms with Gasteiger partial charge in [0, 0.05) is 54.3 Å². The number of anilines is 1. The Morgan fingerprint density at radius 1 is 1.00 bits per heavy atom. The van der Waals surface area contributed by atoms with E-state index in [1.807, 2.05) is 49.6 Å². The zero-order valence-electron chi connectivity index (χ0n) is 20.0.